The first-order valence-corrected chi connectivity index (χ1v) is 9.49. The molecule has 0 radical (unpaired) electrons. The smallest absolute Gasteiger partial charge is 0.190 e. The number of nitrogens with zero attached hydrogens (tertiary/aromatic N) is 2. The molecule has 0 unspecified atom stereocenters. The van der Waals surface area contributed by atoms with Crippen molar-refractivity contribution in [1.29, 1.82) is 0 Å². The highest BCUT2D eigenvalue weighted by molar-refractivity contribution is 14.0. The highest BCUT2D eigenvalue weighted by atomic mass is 127. The second kappa shape index (κ2) is 12.4. The summed E-state index contributed by atoms with van der Waals surface area (Å²) in [6, 6.07) is 6.88. The summed E-state index contributed by atoms with van der Waals surface area (Å²) < 4.78 is 19.0. The summed E-state index contributed by atoms with van der Waals surface area (Å²) in [4.78, 5) is 6.25. The number of nitrogens with one attached hydrogen (secondary N) is 2. The molecule has 0 spiro atoms. The number of aliphatic imine (C=N–C) groups is 1. The van der Waals surface area contributed by atoms with Crippen LogP contribution < -0.4 is 15.5 Å². The molecule has 0 atom stereocenters. The minimum atomic E-state index is -0.178. The van der Waals surface area contributed by atoms with E-state index in [1.54, 1.807) is 26.3 Å². The van der Waals surface area contributed by atoms with Crippen molar-refractivity contribution in [3.05, 3.63) is 30.1 Å². The van der Waals surface area contributed by atoms with E-state index in [-0.39, 0.29) is 29.8 Å². The fourth-order valence-electron chi connectivity index (χ4n) is 3.41. The van der Waals surface area contributed by atoms with Crippen LogP contribution in [0.15, 0.2) is 29.3 Å². The van der Waals surface area contributed by atoms with Gasteiger partial charge in [-0.25, -0.2) is 4.39 Å². The lowest BCUT2D eigenvalue weighted by Crippen LogP contribution is -2.47. The second-order valence-corrected chi connectivity index (χ2v) is 7.18. The van der Waals surface area contributed by atoms with Crippen LogP contribution in [-0.2, 0) is 4.74 Å². The van der Waals surface area contributed by atoms with Gasteiger partial charge in [-0.3, -0.25) is 4.99 Å². The van der Waals surface area contributed by atoms with Gasteiger partial charge in [0.1, 0.15) is 5.82 Å². The third-order valence-corrected chi connectivity index (χ3v) is 5.33. The summed E-state index contributed by atoms with van der Waals surface area (Å²) in [5.41, 5.74) is 0.999. The number of guanidine groups is 1. The molecule has 1 aliphatic rings. The van der Waals surface area contributed by atoms with Crippen molar-refractivity contribution in [1.82, 2.24) is 10.6 Å². The molecule has 1 fully saturated rings. The van der Waals surface area contributed by atoms with Crippen molar-refractivity contribution in [3.8, 4) is 0 Å². The number of para-hydroxylation sites is 1. The van der Waals surface area contributed by atoms with Gasteiger partial charge in [0.15, 0.2) is 5.96 Å². The van der Waals surface area contributed by atoms with Crippen molar-refractivity contribution in [2.75, 3.05) is 52.3 Å². The fraction of sp³-hybridized carbons (Fsp3) is 0.650. The molecule has 0 saturated heterocycles. The predicted molar refractivity (Wildman–Crippen MR) is 122 cm³/mol. The molecule has 1 aromatic rings. The average molecular weight is 492 g/mol. The number of hydrogen-bond acceptors (Lipinski definition) is 3. The van der Waals surface area contributed by atoms with E-state index in [9.17, 15) is 4.39 Å². The van der Waals surface area contributed by atoms with E-state index in [0.717, 1.165) is 45.0 Å². The molecule has 27 heavy (non-hydrogen) atoms. The maximum atomic E-state index is 13.8. The van der Waals surface area contributed by atoms with Crippen LogP contribution in [-0.4, -0.2) is 53.4 Å². The summed E-state index contributed by atoms with van der Waals surface area (Å²) in [5.74, 6) is 0.657. The van der Waals surface area contributed by atoms with Crippen molar-refractivity contribution < 1.29 is 9.13 Å². The predicted octanol–water partition coefficient (Wildman–Crippen LogP) is 3.64. The van der Waals surface area contributed by atoms with Crippen molar-refractivity contribution in [2.24, 2.45) is 10.4 Å². The summed E-state index contributed by atoms with van der Waals surface area (Å²) in [5, 5.41) is 6.81. The third kappa shape index (κ3) is 7.44. The lowest BCUT2D eigenvalue weighted by Gasteiger charge is -2.42. The average Bonchev–Trinajstić information content (AvgIpc) is 2.62. The molecular weight excluding hydrogens is 458 g/mol. The van der Waals surface area contributed by atoms with Gasteiger partial charge < -0.3 is 20.3 Å². The van der Waals surface area contributed by atoms with Crippen LogP contribution in [0.25, 0.3) is 0 Å². The van der Waals surface area contributed by atoms with Crippen molar-refractivity contribution in [2.45, 2.75) is 32.1 Å². The van der Waals surface area contributed by atoms with E-state index in [4.69, 9.17) is 4.74 Å². The zero-order valence-corrected chi connectivity index (χ0v) is 19.1. The molecule has 5 nitrogen and oxygen atoms in total. The zero-order chi connectivity index (χ0) is 18.8. The maximum absolute atomic E-state index is 13.8. The fourth-order valence-corrected chi connectivity index (χ4v) is 3.41. The Morgan fingerprint density at radius 1 is 1.30 bits per heavy atom. The number of halogens is 2. The molecule has 1 aromatic carbocycles. The first-order chi connectivity index (χ1) is 12.6. The van der Waals surface area contributed by atoms with Crippen LogP contribution in [0.2, 0.25) is 0 Å². The Kier molecular flexibility index (Phi) is 11.0. The van der Waals surface area contributed by atoms with Gasteiger partial charge in [-0.05, 0) is 43.2 Å². The summed E-state index contributed by atoms with van der Waals surface area (Å²) in [6.07, 6.45) is 5.82. The van der Waals surface area contributed by atoms with Crippen LogP contribution >= 0.6 is 24.0 Å². The Labute approximate surface area is 180 Å². The Morgan fingerprint density at radius 2 is 2.04 bits per heavy atom. The van der Waals surface area contributed by atoms with E-state index in [1.165, 1.54) is 25.3 Å². The number of benzene rings is 1. The highest BCUT2D eigenvalue weighted by Crippen LogP contribution is 2.43. The Morgan fingerprint density at radius 3 is 2.63 bits per heavy atom. The monoisotopic (exact) mass is 492 g/mol. The molecule has 0 heterocycles. The van der Waals surface area contributed by atoms with Crippen LogP contribution in [0.5, 0.6) is 0 Å². The summed E-state index contributed by atoms with van der Waals surface area (Å²) in [6.45, 7) is 3.33. The quantitative estimate of drug-likeness (QED) is 0.227. The van der Waals surface area contributed by atoms with E-state index in [0.29, 0.717) is 11.1 Å². The molecule has 2 rings (SSSR count). The van der Waals surface area contributed by atoms with Gasteiger partial charge in [0, 0.05) is 47.4 Å². The van der Waals surface area contributed by atoms with Crippen LogP contribution in [0.4, 0.5) is 10.1 Å². The molecule has 0 bridgehead atoms. The van der Waals surface area contributed by atoms with Gasteiger partial charge in [-0.2, -0.15) is 0 Å². The second-order valence-electron chi connectivity index (χ2n) is 7.18. The molecule has 1 saturated carbocycles. The van der Waals surface area contributed by atoms with E-state index in [1.807, 2.05) is 18.0 Å². The molecule has 0 aliphatic heterocycles. The standard InChI is InChI=1S/C20H33FN4O.HI/c1-22-19(24-16-20(10-6-11-20)12-15-26-3)23-13-7-14-25(2)18-9-5-4-8-17(18)21;/h4-5,8-9H,6-7,10-16H2,1-3H3,(H2,22,23,24);1H. The Balaban J connectivity index is 0.00000364. The number of hydrogen-bond donors (Lipinski definition) is 2. The normalized spacial score (nSPS) is 15.5. The minimum Gasteiger partial charge on any atom is -0.385 e. The van der Waals surface area contributed by atoms with E-state index < -0.39 is 0 Å². The van der Waals surface area contributed by atoms with Gasteiger partial charge in [0.2, 0.25) is 0 Å². The largest absolute Gasteiger partial charge is 0.385 e. The van der Waals surface area contributed by atoms with Crippen LogP contribution in [0.3, 0.4) is 0 Å². The zero-order valence-electron chi connectivity index (χ0n) is 16.8. The third-order valence-electron chi connectivity index (χ3n) is 5.33. The van der Waals surface area contributed by atoms with Gasteiger partial charge in [-0.1, -0.05) is 18.6 Å². The van der Waals surface area contributed by atoms with Crippen molar-refractivity contribution >= 4 is 35.6 Å². The van der Waals surface area contributed by atoms with Crippen molar-refractivity contribution in [3.63, 3.8) is 0 Å². The first-order valence-electron chi connectivity index (χ1n) is 9.49. The number of anilines is 1. The molecule has 7 heteroatoms. The molecule has 0 aromatic heterocycles. The highest BCUT2D eigenvalue weighted by Gasteiger charge is 2.36. The molecule has 1 aliphatic carbocycles. The first kappa shape index (κ1) is 23.9. The Hall–Kier alpha value is -1.09. The lowest BCUT2D eigenvalue weighted by atomic mass is 9.67. The van der Waals surface area contributed by atoms with Gasteiger partial charge >= 0.3 is 0 Å². The summed E-state index contributed by atoms with van der Waals surface area (Å²) >= 11 is 0. The van der Waals surface area contributed by atoms with E-state index >= 15 is 0 Å². The lowest BCUT2D eigenvalue weighted by molar-refractivity contribution is 0.0732. The maximum Gasteiger partial charge on any atom is 0.190 e. The van der Waals surface area contributed by atoms with Gasteiger partial charge in [0.25, 0.3) is 0 Å². The number of ether oxygens (including phenoxy) is 1. The number of methoxy groups -OCH3 is 1. The van der Waals surface area contributed by atoms with Gasteiger partial charge in [-0.15, -0.1) is 24.0 Å². The molecule has 154 valence electrons. The minimum absolute atomic E-state index is 0. The molecule has 2 N–H and O–H groups in total. The Bertz CT molecular complexity index is 581. The number of rotatable bonds is 10. The molecular formula is C20H34FIN4O. The topological polar surface area (TPSA) is 48.9 Å². The SMILES string of the molecule is CN=C(NCCCN(C)c1ccccc1F)NCC1(CCOC)CCC1.I. The molecule has 0 amide bonds. The van der Waals surface area contributed by atoms with Crippen LogP contribution in [0.1, 0.15) is 32.1 Å². The van der Waals surface area contributed by atoms with Crippen LogP contribution in [0, 0.1) is 11.2 Å². The van der Waals surface area contributed by atoms with Gasteiger partial charge in [0.05, 0.1) is 5.69 Å². The summed E-state index contributed by atoms with van der Waals surface area (Å²) in [7, 11) is 5.48. The van der Waals surface area contributed by atoms with E-state index in [2.05, 4.69) is 15.6 Å².